The first kappa shape index (κ1) is 16.4. The van der Waals surface area contributed by atoms with Gasteiger partial charge in [0.2, 0.25) is 0 Å². The minimum absolute atomic E-state index is 0.327. The summed E-state index contributed by atoms with van der Waals surface area (Å²) in [4.78, 5) is 4.22. The van der Waals surface area contributed by atoms with E-state index in [9.17, 15) is 10.2 Å². The molecule has 3 atom stereocenters. The van der Waals surface area contributed by atoms with Gasteiger partial charge in [0.1, 0.15) is 0 Å². The van der Waals surface area contributed by atoms with Crippen LogP contribution in [0.5, 0.6) is 0 Å². The molecular weight excluding hydrogens is 264 g/mol. The quantitative estimate of drug-likeness (QED) is 0.718. The largest absolute Gasteiger partial charge is 0.390 e. The van der Waals surface area contributed by atoms with E-state index in [0.29, 0.717) is 18.8 Å². The molecule has 0 bridgehead atoms. The smallest absolute Gasteiger partial charge is 0.0949 e. The minimum Gasteiger partial charge on any atom is -0.390 e. The fourth-order valence-electron chi connectivity index (χ4n) is 3.25. The van der Waals surface area contributed by atoms with Crippen molar-refractivity contribution < 1.29 is 10.2 Å². The molecule has 4 nitrogen and oxygen atoms in total. The van der Waals surface area contributed by atoms with Gasteiger partial charge < -0.3 is 15.9 Å². The first-order valence-electron chi connectivity index (χ1n) is 8.18. The van der Waals surface area contributed by atoms with Crippen LogP contribution in [0.25, 0.3) is 0 Å². The Morgan fingerprint density at radius 3 is 2.62 bits per heavy atom. The van der Waals surface area contributed by atoms with Crippen LogP contribution in [0.3, 0.4) is 0 Å². The van der Waals surface area contributed by atoms with Gasteiger partial charge in [-0.1, -0.05) is 38.2 Å². The van der Waals surface area contributed by atoms with Gasteiger partial charge in [0.05, 0.1) is 12.2 Å². The summed E-state index contributed by atoms with van der Waals surface area (Å²) in [6, 6.07) is 5.41. The molecule has 1 fully saturated rings. The molecule has 118 valence electrons. The molecule has 0 saturated heterocycles. The van der Waals surface area contributed by atoms with Crippen molar-refractivity contribution in [1.82, 2.24) is 4.98 Å². The number of nitrogens with two attached hydrogens (primary N) is 1. The van der Waals surface area contributed by atoms with Crippen LogP contribution in [0, 0.1) is 5.92 Å². The number of hydrogen-bond donors (Lipinski definition) is 3. The zero-order valence-corrected chi connectivity index (χ0v) is 12.7. The van der Waals surface area contributed by atoms with E-state index in [0.717, 1.165) is 12.1 Å². The zero-order valence-electron chi connectivity index (χ0n) is 12.7. The van der Waals surface area contributed by atoms with Crippen molar-refractivity contribution in [3.05, 3.63) is 30.1 Å². The maximum absolute atomic E-state index is 10.2. The Labute approximate surface area is 127 Å². The summed E-state index contributed by atoms with van der Waals surface area (Å²) in [5.41, 5.74) is 7.03. The van der Waals surface area contributed by atoms with Crippen LogP contribution in [0.4, 0.5) is 0 Å². The van der Waals surface area contributed by atoms with E-state index in [4.69, 9.17) is 5.73 Å². The Morgan fingerprint density at radius 1 is 1.19 bits per heavy atom. The van der Waals surface area contributed by atoms with Gasteiger partial charge in [0, 0.05) is 17.9 Å². The molecule has 1 aromatic rings. The molecule has 0 aliphatic heterocycles. The zero-order chi connectivity index (χ0) is 15.1. The Bertz CT molecular complexity index is 393. The number of pyridine rings is 1. The topological polar surface area (TPSA) is 79.4 Å². The van der Waals surface area contributed by atoms with Crippen molar-refractivity contribution in [3.63, 3.8) is 0 Å². The van der Waals surface area contributed by atoms with Gasteiger partial charge in [-0.25, -0.2) is 0 Å². The highest BCUT2D eigenvalue weighted by atomic mass is 16.3. The molecule has 2 rings (SSSR count). The molecule has 0 unspecified atom stereocenters. The van der Waals surface area contributed by atoms with Crippen LogP contribution in [0.1, 0.15) is 50.6 Å². The molecular formula is C17H28N2O2. The number of aryl methyl sites for hydroxylation is 1. The molecule has 0 radical (unpaired) electrons. The number of aromatic nitrogens is 1. The molecule has 1 heterocycles. The van der Waals surface area contributed by atoms with E-state index in [1.807, 2.05) is 18.2 Å². The van der Waals surface area contributed by atoms with Gasteiger partial charge >= 0.3 is 0 Å². The summed E-state index contributed by atoms with van der Waals surface area (Å²) in [6.07, 6.45) is 8.41. The summed E-state index contributed by atoms with van der Waals surface area (Å²) >= 11 is 0. The highest BCUT2D eigenvalue weighted by Gasteiger charge is 2.26. The summed E-state index contributed by atoms with van der Waals surface area (Å²) < 4.78 is 0. The lowest BCUT2D eigenvalue weighted by molar-refractivity contribution is -0.00559. The first-order chi connectivity index (χ1) is 10.2. The normalized spacial score (nSPS) is 20.9. The fourth-order valence-corrected chi connectivity index (χ4v) is 3.25. The third-order valence-electron chi connectivity index (χ3n) is 4.59. The molecule has 0 amide bonds. The summed E-state index contributed by atoms with van der Waals surface area (Å²) in [7, 11) is 0. The average Bonchev–Trinajstić information content (AvgIpc) is 2.53. The summed E-state index contributed by atoms with van der Waals surface area (Å²) in [5, 5.41) is 20.3. The molecule has 1 aromatic heterocycles. The van der Waals surface area contributed by atoms with Gasteiger partial charge in [-0.15, -0.1) is 0 Å². The average molecular weight is 292 g/mol. The van der Waals surface area contributed by atoms with E-state index >= 15 is 0 Å². The van der Waals surface area contributed by atoms with Gasteiger partial charge in [0.15, 0.2) is 0 Å². The van der Waals surface area contributed by atoms with E-state index in [2.05, 4.69) is 4.98 Å². The van der Waals surface area contributed by atoms with Gasteiger partial charge in [-0.3, -0.25) is 4.98 Å². The van der Waals surface area contributed by atoms with Crippen molar-refractivity contribution >= 4 is 0 Å². The van der Waals surface area contributed by atoms with Crippen molar-refractivity contribution in [2.75, 3.05) is 0 Å². The molecule has 4 N–H and O–H groups in total. The lowest BCUT2D eigenvalue weighted by Crippen LogP contribution is -2.44. The van der Waals surface area contributed by atoms with Crippen molar-refractivity contribution in [2.45, 2.75) is 69.6 Å². The summed E-state index contributed by atoms with van der Waals surface area (Å²) in [5.74, 6) is 0.617. The second-order valence-corrected chi connectivity index (χ2v) is 6.32. The Balaban J connectivity index is 1.73. The second kappa shape index (κ2) is 8.47. The predicted molar refractivity (Wildman–Crippen MR) is 83.7 cm³/mol. The van der Waals surface area contributed by atoms with Crippen molar-refractivity contribution in [1.29, 1.82) is 0 Å². The van der Waals surface area contributed by atoms with Crippen molar-refractivity contribution in [2.24, 2.45) is 11.7 Å². The van der Waals surface area contributed by atoms with Crippen molar-refractivity contribution in [3.8, 4) is 0 Å². The molecule has 21 heavy (non-hydrogen) atoms. The number of aliphatic hydroxyl groups excluding tert-OH is 2. The maximum atomic E-state index is 10.2. The van der Waals surface area contributed by atoms with E-state index in [1.165, 1.54) is 32.1 Å². The fraction of sp³-hybridized carbons (Fsp3) is 0.706. The minimum atomic E-state index is -0.837. The van der Waals surface area contributed by atoms with Crippen LogP contribution in [0.15, 0.2) is 24.4 Å². The Kier molecular flexibility index (Phi) is 6.61. The molecule has 1 aliphatic rings. The maximum Gasteiger partial charge on any atom is 0.0949 e. The second-order valence-electron chi connectivity index (χ2n) is 6.32. The van der Waals surface area contributed by atoms with E-state index in [1.54, 1.807) is 6.20 Å². The van der Waals surface area contributed by atoms with Crippen LogP contribution in [-0.4, -0.2) is 33.4 Å². The van der Waals surface area contributed by atoms with Gasteiger partial charge in [0.25, 0.3) is 0 Å². The number of hydrogen-bond acceptors (Lipinski definition) is 4. The lowest BCUT2D eigenvalue weighted by atomic mass is 9.83. The van der Waals surface area contributed by atoms with Crippen LogP contribution in [-0.2, 0) is 6.42 Å². The highest BCUT2D eigenvalue weighted by Crippen LogP contribution is 2.28. The molecule has 0 aromatic carbocycles. The van der Waals surface area contributed by atoms with Crippen LogP contribution >= 0.6 is 0 Å². The number of aliphatic hydroxyl groups is 2. The third-order valence-corrected chi connectivity index (χ3v) is 4.59. The first-order valence-corrected chi connectivity index (χ1v) is 8.18. The molecule has 1 saturated carbocycles. The number of nitrogens with zero attached hydrogens (tertiary/aromatic N) is 1. The molecule has 1 aliphatic carbocycles. The van der Waals surface area contributed by atoms with E-state index in [-0.39, 0.29) is 6.04 Å². The highest BCUT2D eigenvalue weighted by molar-refractivity contribution is 5.03. The Hall–Kier alpha value is -0.970. The summed E-state index contributed by atoms with van der Waals surface area (Å²) in [6.45, 7) is 0. The SMILES string of the molecule is N[C@H](CC1CCCCC1)[C@H](O)[C@H](O)CCc1ccccn1. The Morgan fingerprint density at radius 2 is 1.95 bits per heavy atom. The lowest BCUT2D eigenvalue weighted by Gasteiger charge is -2.29. The van der Waals surface area contributed by atoms with Crippen LogP contribution < -0.4 is 5.73 Å². The predicted octanol–water partition coefficient (Wildman–Crippen LogP) is 2.03. The molecule has 0 spiro atoms. The number of rotatable bonds is 7. The monoisotopic (exact) mass is 292 g/mol. The van der Waals surface area contributed by atoms with E-state index < -0.39 is 12.2 Å². The molecule has 4 heteroatoms. The standard InChI is InChI=1S/C17H28N2O2/c18-15(12-13-6-2-1-3-7-13)17(21)16(20)10-9-14-8-4-5-11-19-14/h4-5,8,11,13,15-17,20-21H,1-3,6-7,9-10,12,18H2/t15-,16-,17+/m1/s1. The third kappa shape index (κ3) is 5.38. The van der Waals surface area contributed by atoms with Gasteiger partial charge in [-0.05, 0) is 37.3 Å². The van der Waals surface area contributed by atoms with Gasteiger partial charge in [-0.2, -0.15) is 0 Å². The van der Waals surface area contributed by atoms with Crippen LogP contribution in [0.2, 0.25) is 0 Å².